The number of carbonyl (C=O) groups excluding carboxylic acids is 1. The maximum Gasteiger partial charge on any atom is 0.185 e. The van der Waals surface area contributed by atoms with Crippen molar-refractivity contribution < 1.29 is 19.0 Å². The number of carbonyl (C=O) groups is 1. The van der Waals surface area contributed by atoms with Gasteiger partial charge in [0.25, 0.3) is 0 Å². The predicted octanol–water partition coefficient (Wildman–Crippen LogP) is 4.37. The van der Waals surface area contributed by atoms with Gasteiger partial charge >= 0.3 is 0 Å². The Morgan fingerprint density at radius 1 is 0.957 bits per heavy atom. The van der Waals surface area contributed by atoms with Gasteiger partial charge in [-0.2, -0.15) is 0 Å². The van der Waals surface area contributed by atoms with E-state index in [0.717, 1.165) is 10.0 Å². The number of halogens is 1. The molecule has 4 nitrogen and oxygen atoms in total. The fourth-order valence-electron chi connectivity index (χ4n) is 2.04. The summed E-state index contributed by atoms with van der Waals surface area (Å²) in [6.45, 7) is 0. The number of hydrogen-bond acceptors (Lipinski definition) is 4. The molecule has 0 aliphatic heterocycles. The predicted molar refractivity (Wildman–Crippen MR) is 93.6 cm³/mol. The summed E-state index contributed by atoms with van der Waals surface area (Å²) in [6.07, 6.45) is 3.23. The second-order valence-electron chi connectivity index (χ2n) is 4.65. The Morgan fingerprint density at radius 3 is 2.30 bits per heavy atom. The van der Waals surface area contributed by atoms with Crippen molar-refractivity contribution in [3.8, 4) is 17.2 Å². The van der Waals surface area contributed by atoms with Crippen molar-refractivity contribution in [2.75, 3.05) is 21.3 Å². The van der Waals surface area contributed by atoms with E-state index in [2.05, 4.69) is 15.9 Å². The lowest BCUT2D eigenvalue weighted by Crippen LogP contribution is -1.96. The molecule has 0 amide bonds. The first-order chi connectivity index (χ1) is 11.1. The van der Waals surface area contributed by atoms with E-state index < -0.39 is 0 Å². The quantitative estimate of drug-likeness (QED) is 0.554. The van der Waals surface area contributed by atoms with Crippen LogP contribution in [-0.2, 0) is 0 Å². The smallest absolute Gasteiger partial charge is 0.185 e. The highest BCUT2D eigenvalue weighted by Gasteiger charge is 2.07. The van der Waals surface area contributed by atoms with Gasteiger partial charge in [-0.15, -0.1) is 0 Å². The number of ether oxygens (including phenoxy) is 3. The van der Waals surface area contributed by atoms with E-state index in [4.69, 9.17) is 14.2 Å². The SMILES string of the molecule is COc1ccc(C=CC(=O)c2ccc(OC)c(Br)c2)c(OC)c1. The second-order valence-corrected chi connectivity index (χ2v) is 5.51. The van der Waals surface area contributed by atoms with Crippen molar-refractivity contribution in [3.63, 3.8) is 0 Å². The summed E-state index contributed by atoms with van der Waals surface area (Å²) < 4.78 is 16.4. The largest absolute Gasteiger partial charge is 0.497 e. The first kappa shape index (κ1) is 17.1. The Hall–Kier alpha value is -2.27. The molecule has 0 atom stereocenters. The van der Waals surface area contributed by atoms with E-state index in [9.17, 15) is 4.79 Å². The van der Waals surface area contributed by atoms with Gasteiger partial charge in [-0.25, -0.2) is 0 Å². The number of hydrogen-bond donors (Lipinski definition) is 0. The minimum absolute atomic E-state index is 0.105. The third-order valence-corrected chi connectivity index (χ3v) is 3.91. The molecule has 0 heterocycles. The van der Waals surface area contributed by atoms with Gasteiger partial charge in [0.05, 0.1) is 25.8 Å². The van der Waals surface area contributed by atoms with Gasteiger partial charge in [0.1, 0.15) is 17.2 Å². The normalized spacial score (nSPS) is 10.6. The highest BCUT2D eigenvalue weighted by Crippen LogP contribution is 2.27. The summed E-state index contributed by atoms with van der Waals surface area (Å²) in [5.41, 5.74) is 1.37. The summed E-state index contributed by atoms with van der Waals surface area (Å²) >= 11 is 3.38. The summed E-state index contributed by atoms with van der Waals surface area (Å²) in [5.74, 6) is 1.92. The van der Waals surface area contributed by atoms with Crippen LogP contribution in [0.1, 0.15) is 15.9 Å². The highest BCUT2D eigenvalue weighted by atomic mass is 79.9. The number of methoxy groups -OCH3 is 3. The maximum atomic E-state index is 12.3. The molecule has 0 fully saturated rings. The van der Waals surface area contributed by atoms with E-state index in [1.165, 1.54) is 6.08 Å². The van der Waals surface area contributed by atoms with E-state index in [0.29, 0.717) is 22.8 Å². The van der Waals surface area contributed by atoms with Gasteiger partial charge in [-0.05, 0) is 58.4 Å². The molecular weight excluding hydrogens is 360 g/mol. The molecule has 0 saturated heterocycles. The van der Waals surface area contributed by atoms with Crippen molar-refractivity contribution in [3.05, 3.63) is 58.1 Å². The van der Waals surface area contributed by atoms with Crippen LogP contribution in [0.5, 0.6) is 17.2 Å². The monoisotopic (exact) mass is 376 g/mol. The molecule has 2 aromatic carbocycles. The standard InChI is InChI=1S/C18H17BrO4/c1-21-14-7-4-12(18(11-14)23-3)5-8-16(20)13-6-9-17(22-2)15(19)10-13/h4-11H,1-3H3. The third-order valence-electron chi connectivity index (χ3n) is 3.29. The molecule has 0 saturated carbocycles. The first-order valence-corrected chi connectivity index (χ1v) is 7.66. The van der Waals surface area contributed by atoms with Crippen LogP contribution in [0.2, 0.25) is 0 Å². The first-order valence-electron chi connectivity index (χ1n) is 6.87. The summed E-state index contributed by atoms with van der Waals surface area (Å²) in [7, 11) is 4.75. The zero-order valence-corrected chi connectivity index (χ0v) is 14.7. The van der Waals surface area contributed by atoms with Crippen LogP contribution in [0, 0.1) is 0 Å². The van der Waals surface area contributed by atoms with Crippen LogP contribution in [-0.4, -0.2) is 27.1 Å². The van der Waals surface area contributed by atoms with Crippen molar-refractivity contribution >= 4 is 27.8 Å². The Kier molecular flexibility index (Phi) is 5.82. The molecule has 0 aliphatic carbocycles. The molecule has 0 radical (unpaired) electrons. The summed E-state index contributed by atoms with van der Waals surface area (Å²) in [4.78, 5) is 12.3. The van der Waals surface area contributed by atoms with Crippen LogP contribution in [0.3, 0.4) is 0 Å². The minimum atomic E-state index is -0.105. The molecule has 5 heteroatoms. The number of ketones is 1. The molecule has 0 aromatic heterocycles. The highest BCUT2D eigenvalue weighted by molar-refractivity contribution is 9.10. The zero-order chi connectivity index (χ0) is 16.8. The van der Waals surface area contributed by atoms with Crippen LogP contribution >= 0.6 is 15.9 Å². The Bertz CT molecular complexity index is 738. The molecule has 0 bridgehead atoms. The van der Waals surface area contributed by atoms with E-state index in [1.807, 2.05) is 12.1 Å². The average molecular weight is 377 g/mol. The third kappa shape index (κ3) is 4.13. The second kappa shape index (κ2) is 7.83. The van der Waals surface area contributed by atoms with Crippen LogP contribution in [0.15, 0.2) is 46.9 Å². The van der Waals surface area contributed by atoms with Crippen LogP contribution in [0.4, 0.5) is 0 Å². The van der Waals surface area contributed by atoms with E-state index >= 15 is 0 Å². The van der Waals surface area contributed by atoms with Crippen LogP contribution in [0.25, 0.3) is 6.08 Å². The summed E-state index contributed by atoms with van der Waals surface area (Å²) in [5, 5.41) is 0. The molecule has 2 rings (SSSR count). The number of rotatable bonds is 6. The van der Waals surface area contributed by atoms with Crippen LogP contribution < -0.4 is 14.2 Å². The number of benzene rings is 2. The van der Waals surface area contributed by atoms with Gasteiger partial charge in [0, 0.05) is 17.2 Å². The molecule has 0 N–H and O–H groups in total. The Morgan fingerprint density at radius 2 is 1.70 bits per heavy atom. The Balaban J connectivity index is 2.22. The van der Waals surface area contributed by atoms with Gasteiger partial charge in [-0.3, -0.25) is 4.79 Å². The number of allylic oxidation sites excluding steroid dienone is 1. The van der Waals surface area contributed by atoms with E-state index in [1.54, 1.807) is 51.7 Å². The zero-order valence-electron chi connectivity index (χ0n) is 13.1. The molecule has 0 unspecified atom stereocenters. The molecule has 2 aromatic rings. The van der Waals surface area contributed by atoms with Gasteiger partial charge < -0.3 is 14.2 Å². The molecule has 0 spiro atoms. The Labute approximate surface area is 143 Å². The fraction of sp³-hybridized carbons (Fsp3) is 0.167. The summed E-state index contributed by atoms with van der Waals surface area (Å²) in [6, 6.07) is 10.6. The molecule has 0 aliphatic rings. The van der Waals surface area contributed by atoms with Gasteiger partial charge in [0.2, 0.25) is 0 Å². The fourth-order valence-corrected chi connectivity index (χ4v) is 2.58. The van der Waals surface area contributed by atoms with Crippen molar-refractivity contribution in [2.45, 2.75) is 0 Å². The molecule has 23 heavy (non-hydrogen) atoms. The molecule has 120 valence electrons. The minimum Gasteiger partial charge on any atom is -0.497 e. The lowest BCUT2D eigenvalue weighted by atomic mass is 10.1. The maximum absolute atomic E-state index is 12.3. The lowest BCUT2D eigenvalue weighted by molar-refractivity contribution is 0.104. The van der Waals surface area contributed by atoms with E-state index in [-0.39, 0.29) is 5.78 Å². The van der Waals surface area contributed by atoms with Crippen molar-refractivity contribution in [1.82, 2.24) is 0 Å². The molecular formula is C18H17BrO4. The van der Waals surface area contributed by atoms with Gasteiger partial charge in [0.15, 0.2) is 5.78 Å². The van der Waals surface area contributed by atoms with Gasteiger partial charge in [-0.1, -0.05) is 0 Å². The lowest BCUT2D eigenvalue weighted by Gasteiger charge is -2.07. The van der Waals surface area contributed by atoms with Crippen molar-refractivity contribution in [2.24, 2.45) is 0 Å². The topological polar surface area (TPSA) is 44.8 Å². The van der Waals surface area contributed by atoms with Crippen molar-refractivity contribution in [1.29, 1.82) is 0 Å². The average Bonchev–Trinajstić information content (AvgIpc) is 2.59.